The molecule has 0 saturated heterocycles. The fourth-order valence-electron chi connectivity index (χ4n) is 1.69. The van der Waals surface area contributed by atoms with E-state index in [4.69, 9.17) is 14.6 Å². The predicted octanol–water partition coefficient (Wildman–Crippen LogP) is 0.563. The van der Waals surface area contributed by atoms with Gasteiger partial charge in [-0.3, -0.25) is 5.32 Å². The Morgan fingerprint density at radius 3 is 2.07 bits per heavy atom. The third-order valence-corrected chi connectivity index (χ3v) is 4.70. The van der Waals surface area contributed by atoms with E-state index in [-0.39, 0.29) is 6.17 Å². The lowest BCUT2D eigenvalue weighted by Crippen LogP contribution is -2.47. The lowest BCUT2D eigenvalue weighted by molar-refractivity contribution is 0.252. The van der Waals surface area contributed by atoms with Gasteiger partial charge in [-0.05, 0) is 13.3 Å². The molecule has 0 aromatic heterocycles. The van der Waals surface area contributed by atoms with Gasteiger partial charge in [0.05, 0.1) is 6.17 Å². The summed E-state index contributed by atoms with van der Waals surface area (Å²) in [6.07, 6.45) is 1.06. The van der Waals surface area contributed by atoms with Crippen molar-refractivity contribution in [3.05, 3.63) is 0 Å². The van der Waals surface area contributed by atoms with Crippen LogP contribution in [0.5, 0.6) is 0 Å². The van der Waals surface area contributed by atoms with Crippen LogP contribution in [0.3, 0.4) is 0 Å². The molecule has 0 heterocycles. The summed E-state index contributed by atoms with van der Waals surface area (Å²) in [5.74, 6) is 0. The minimum atomic E-state index is -1.54. The van der Waals surface area contributed by atoms with Crippen molar-refractivity contribution in [3.8, 4) is 0 Å². The van der Waals surface area contributed by atoms with Gasteiger partial charge >= 0.3 is 9.28 Å². The molecule has 0 radical (unpaired) electrons. The second-order valence-electron chi connectivity index (χ2n) is 3.67. The van der Waals surface area contributed by atoms with Crippen molar-refractivity contribution in [3.63, 3.8) is 0 Å². The van der Waals surface area contributed by atoms with Crippen LogP contribution in [-0.4, -0.2) is 35.7 Å². The molecule has 3 atom stereocenters. The summed E-state index contributed by atoms with van der Waals surface area (Å²) >= 11 is 0. The number of hydrogen-bond donors (Lipinski definition) is 2. The monoisotopic (exact) mass is 220 g/mol. The van der Waals surface area contributed by atoms with Crippen LogP contribution in [0.4, 0.5) is 0 Å². The van der Waals surface area contributed by atoms with E-state index in [2.05, 4.69) is 19.2 Å². The number of hydrogen-bond acceptors (Lipinski definition) is 4. The van der Waals surface area contributed by atoms with Crippen LogP contribution in [-0.2, 0) is 8.85 Å². The summed E-state index contributed by atoms with van der Waals surface area (Å²) in [5.41, 5.74) is 6.13. The molecular weight excluding hydrogens is 196 g/mol. The first-order valence-corrected chi connectivity index (χ1v) is 6.74. The molecule has 4 nitrogen and oxygen atoms in total. The quantitative estimate of drug-likeness (QED) is 0.486. The Labute approximate surface area is 89.0 Å². The number of rotatable bonds is 7. The van der Waals surface area contributed by atoms with E-state index in [9.17, 15) is 0 Å². The minimum absolute atomic E-state index is 0.0192. The van der Waals surface area contributed by atoms with Crippen LogP contribution in [0, 0.1) is 0 Å². The Balaban J connectivity index is 4.20. The lowest BCUT2D eigenvalue weighted by Gasteiger charge is -2.29. The van der Waals surface area contributed by atoms with Crippen molar-refractivity contribution < 1.29 is 8.85 Å². The van der Waals surface area contributed by atoms with Crippen LogP contribution < -0.4 is 11.1 Å². The zero-order valence-electron chi connectivity index (χ0n) is 9.91. The van der Waals surface area contributed by atoms with Crippen LogP contribution >= 0.6 is 0 Å². The molecule has 14 heavy (non-hydrogen) atoms. The van der Waals surface area contributed by atoms with Gasteiger partial charge in [0.25, 0.3) is 0 Å². The fourth-order valence-corrected chi connectivity index (χ4v) is 3.51. The Kier molecular flexibility index (Phi) is 7.39. The van der Waals surface area contributed by atoms with Crippen LogP contribution in [0.1, 0.15) is 27.2 Å². The average Bonchev–Trinajstić information content (AvgIpc) is 2.15. The van der Waals surface area contributed by atoms with Crippen LogP contribution in [0.2, 0.25) is 5.54 Å². The Hall–Kier alpha value is 0.0569. The highest BCUT2D eigenvalue weighted by molar-refractivity contribution is 6.46. The van der Waals surface area contributed by atoms with Gasteiger partial charge in [0.1, 0.15) is 0 Å². The first-order valence-electron chi connectivity index (χ1n) is 5.14. The third kappa shape index (κ3) is 4.52. The van der Waals surface area contributed by atoms with E-state index in [0.717, 1.165) is 6.42 Å². The topological polar surface area (TPSA) is 56.5 Å². The molecule has 0 aliphatic rings. The van der Waals surface area contributed by atoms with Crippen molar-refractivity contribution in [2.24, 2.45) is 5.73 Å². The molecule has 0 aliphatic carbocycles. The highest BCUT2D eigenvalue weighted by Crippen LogP contribution is 2.18. The highest BCUT2D eigenvalue weighted by atomic mass is 28.3. The number of nitrogens with two attached hydrogens (primary N) is 1. The maximum Gasteiger partial charge on any atom is 0.325 e. The summed E-state index contributed by atoms with van der Waals surface area (Å²) in [4.78, 5) is 0. The summed E-state index contributed by atoms with van der Waals surface area (Å²) in [7, 11) is 1.90. The molecule has 0 aromatic carbocycles. The lowest BCUT2D eigenvalue weighted by atomic mass is 10.1. The SMILES string of the molecule is CCC(NC(C)N)C(C)[SiH](OC)OC. The Morgan fingerprint density at radius 2 is 1.79 bits per heavy atom. The zero-order valence-corrected chi connectivity index (χ0v) is 11.1. The van der Waals surface area contributed by atoms with Crippen molar-refractivity contribution in [1.82, 2.24) is 5.32 Å². The summed E-state index contributed by atoms with van der Waals surface area (Å²) in [6, 6.07) is 0.381. The predicted molar refractivity (Wildman–Crippen MR) is 61.5 cm³/mol. The number of nitrogens with one attached hydrogen (secondary N) is 1. The molecule has 0 spiro atoms. The van der Waals surface area contributed by atoms with E-state index in [1.165, 1.54) is 0 Å². The molecule has 0 amide bonds. The van der Waals surface area contributed by atoms with Gasteiger partial charge < -0.3 is 14.6 Å². The van der Waals surface area contributed by atoms with Gasteiger partial charge in [-0.15, -0.1) is 0 Å². The molecular formula is C9H24N2O2Si. The molecule has 0 bridgehead atoms. The van der Waals surface area contributed by atoms with Crippen LogP contribution in [0.15, 0.2) is 0 Å². The van der Waals surface area contributed by atoms with E-state index in [1.807, 2.05) is 6.92 Å². The van der Waals surface area contributed by atoms with E-state index in [0.29, 0.717) is 11.6 Å². The van der Waals surface area contributed by atoms with Gasteiger partial charge in [0.2, 0.25) is 0 Å². The van der Waals surface area contributed by atoms with Crippen molar-refractivity contribution in [2.75, 3.05) is 14.2 Å². The van der Waals surface area contributed by atoms with Crippen molar-refractivity contribution in [2.45, 2.75) is 44.9 Å². The molecule has 86 valence electrons. The second-order valence-corrected chi connectivity index (χ2v) is 6.40. The Morgan fingerprint density at radius 1 is 1.29 bits per heavy atom. The largest absolute Gasteiger partial charge is 0.400 e. The first kappa shape index (κ1) is 14.1. The van der Waals surface area contributed by atoms with E-state index < -0.39 is 9.28 Å². The normalized spacial score (nSPS) is 18.2. The molecule has 0 saturated carbocycles. The van der Waals surface area contributed by atoms with Gasteiger partial charge in [0.15, 0.2) is 0 Å². The van der Waals surface area contributed by atoms with Crippen LogP contribution in [0.25, 0.3) is 0 Å². The summed E-state index contributed by atoms with van der Waals surface area (Å²) in [6.45, 7) is 6.26. The third-order valence-electron chi connectivity index (χ3n) is 2.45. The smallest absolute Gasteiger partial charge is 0.325 e. The fraction of sp³-hybridized carbons (Fsp3) is 1.00. The molecule has 3 unspecified atom stereocenters. The van der Waals surface area contributed by atoms with Gasteiger partial charge in [0, 0.05) is 25.8 Å². The average molecular weight is 220 g/mol. The van der Waals surface area contributed by atoms with Gasteiger partial charge in [-0.2, -0.15) is 0 Å². The van der Waals surface area contributed by atoms with E-state index in [1.54, 1.807) is 14.2 Å². The van der Waals surface area contributed by atoms with E-state index >= 15 is 0 Å². The summed E-state index contributed by atoms with van der Waals surface area (Å²) in [5, 5.41) is 3.33. The zero-order chi connectivity index (χ0) is 11.1. The second kappa shape index (κ2) is 7.36. The molecule has 3 N–H and O–H groups in total. The standard InChI is InChI=1S/C9H24N2O2Si/c1-6-9(11-8(3)10)7(2)14(12-4)13-5/h7-9,11,14H,6,10H2,1-5H3. The van der Waals surface area contributed by atoms with Gasteiger partial charge in [-0.25, -0.2) is 0 Å². The maximum atomic E-state index is 5.71. The van der Waals surface area contributed by atoms with Gasteiger partial charge in [-0.1, -0.05) is 13.8 Å². The Bertz CT molecular complexity index is 143. The van der Waals surface area contributed by atoms with Crippen molar-refractivity contribution >= 4 is 9.28 Å². The molecule has 0 fully saturated rings. The molecule has 0 rings (SSSR count). The molecule has 0 aliphatic heterocycles. The van der Waals surface area contributed by atoms with Crippen molar-refractivity contribution in [1.29, 1.82) is 0 Å². The maximum absolute atomic E-state index is 5.71. The first-order chi connectivity index (χ1) is 6.56. The molecule has 0 aromatic rings. The minimum Gasteiger partial charge on any atom is -0.400 e. The molecule has 5 heteroatoms. The summed E-state index contributed by atoms with van der Waals surface area (Å²) < 4.78 is 10.7. The highest BCUT2D eigenvalue weighted by Gasteiger charge is 2.27.